The van der Waals surface area contributed by atoms with Crippen molar-refractivity contribution in [3.05, 3.63) is 35.5 Å². The summed E-state index contributed by atoms with van der Waals surface area (Å²) in [4.78, 5) is 0. The van der Waals surface area contributed by atoms with Crippen LogP contribution in [0.2, 0.25) is 0 Å². The van der Waals surface area contributed by atoms with Gasteiger partial charge in [0, 0.05) is 18.6 Å². The predicted molar refractivity (Wildman–Crippen MR) is 65.2 cm³/mol. The maximum atomic E-state index is 12.4. The molecule has 0 atom stereocenters. The summed E-state index contributed by atoms with van der Waals surface area (Å²) in [6.07, 6.45) is -4.34. The molecule has 4 nitrogen and oxygen atoms in total. The van der Waals surface area contributed by atoms with Gasteiger partial charge in [-0.15, -0.1) is 5.10 Å². The minimum absolute atomic E-state index is 0.151. The van der Waals surface area contributed by atoms with Crippen molar-refractivity contribution in [3.8, 4) is 5.75 Å². The molecule has 102 valence electrons. The largest absolute Gasteiger partial charge is 0.487 e. The summed E-state index contributed by atoms with van der Waals surface area (Å²) in [6.45, 7) is 0.151. The number of aromatic nitrogens is 2. The Morgan fingerprint density at radius 2 is 1.95 bits per heavy atom. The molecule has 0 saturated carbocycles. The summed E-state index contributed by atoms with van der Waals surface area (Å²) >= 11 is 1.19. The number of benzene rings is 1. The Bertz CT molecular complexity index is 539. The molecule has 0 spiro atoms. The molecular weight excluding hydrogens is 279 g/mol. The van der Waals surface area contributed by atoms with E-state index in [-0.39, 0.29) is 6.61 Å². The van der Waals surface area contributed by atoms with Crippen molar-refractivity contribution >= 4 is 16.5 Å². The topological polar surface area (TPSA) is 47.0 Å². The second-order valence-electron chi connectivity index (χ2n) is 3.61. The number of hydrogen-bond donors (Lipinski definition) is 1. The highest BCUT2D eigenvalue weighted by Gasteiger charge is 2.30. The Kier molecular flexibility index (Phi) is 3.89. The molecule has 1 heterocycles. The van der Waals surface area contributed by atoms with Gasteiger partial charge in [-0.2, -0.15) is 13.2 Å². The third-order valence-corrected chi connectivity index (χ3v) is 3.13. The Balaban J connectivity index is 2.01. The Labute approximate surface area is 111 Å². The molecule has 19 heavy (non-hydrogen) atoms. The van der Waals surface area contributed by atoms with Gasteiger partial charge in [0.05, 0.1) is 5.56 Å². The van der Waals surface area contributed by atoms with E-state index in [1.165, 1.54) is 23.7 Å². The maximum absolute atomic E-state index is 12.4. The van der Waals surface area contributed by atoms with E-state index in [2.05, 4.69) is 14.9 Å². The smallest absolute Gasteiger partial charge is 0.416 e. The monoisotopic (exact) mass is 289 g/mol. The van der Waals surface area contributed by atoms with Crippen LogP contribution in [0.3, 0.4) is 0 Å². The number of alkyl halides is 3. The highest BCUT2D eigenvalue weighted by molar-refractivity contribution is 7.10. The second kappa shape index (κ2) is 5.43. The van der Waals surface area contributed by atoms with E-state index < -0.39 is 11.7 Å². The third kappa shape index (κ3) is 3.34. The van der Waals surface area contributed by atoms with Crippen LogP contribution in [-0.4, -0.2) is 16.6 Å². The fraction of sp³-hybridized carbons (Fsp3) is 0.273. The normalized spacial score (nSPS) is 11.4. The number of rotatable bonds is 4. The minimum atomic E-state index is -4.34. The zero-order valence-electron chi connectivity index (χ0n) is 9.86. The molecule has 2 aromatic rings. The van der Waals surface area contributed by atoms with Crippen LogP contribution in [-0.2, 0) is 12.8 Å². The summed E-state index contributed by atoms with van der Waals surface area (Å²) in [5.74, 6) is 0.350. The fourth-order valence-electron chi connectivity index (χ4n) is 1.38. The van der Waals surface area contributed by atoms with Crippen molar-refractivity contribution in [1.82, 2.24) is 9.59 Å². The van der Waals surface area contributed by atoms with Gasteiger partial charge in [0.25, 0.3) is 0 Å². The standard InChI is InChI=1S/C11H10F3N3OS/c1-15-10-9(16-17-19-10)6-18-8-4-2-7(3-5-8)11(12,13)14/h2-5,15H,6H2,1H3. The van der Waals surface area contributed by atoms with E-state index in [9.17, 15) is 13.2 Å². The Hall–Kier alpha value is -1.83. The van der Waals surface area contributed by atoms with E-state index >= 15 is 0 Å². The first-order valence-corrected chi connectivity index (χ1v) is 6.07. The maximum Gasteiger partial charge on any atom is 0.416 e. The molecule has 0 aliphatic carbocycles. The van der Waals surface area contributed by atoms with Crippen LogP contribution >= 0.6 is 11.5 Å². The molecule has 8 heteroatoms. The third-order valence-electron chi connectivity index (χ3n) is 2.34. The second-order valence-corrected chi connectivity index (χ2v) is 4.36. The van der Waals surface area contributed by atoms with E-state index in [1.807, 2.05) is 0 Å². The van der Waals surface area contributed by atoms with E-state index in [4.69, 9.17) is 4.74 Å². The van der Waals surface area contributed by atoms with Crippen LogP contribution in [0, 0.1) is 0 Å². The molecule has 0 radical (unpaired) electrons. The number of hydrogen-bond acceptors (Lipinski definition) is 5. The van der Waals surface area contributed by atoms with Crippen LogP contribution in [0.4, 0.5) is 18.2 Å². The summed E-state index contributed by atoms with van der Waals surface area (Å²) in [6, 6.07) is 4.52. The average molecular weight is 289 g/mol. The number of ether oxygens (including phenoxy) is 1. The Morgan fingerprint density at radius 1 is 1.26 bits per heavy atom. The van der Waals surface area contributed by atoms with Gasteiger partial charge in [0.2, 0.25) is 0 Å². The number of nitrogens with zero attached hydrogens (tertiary/aromatic N) is 2. The van der Waals surface area contributed by atoms with Gasteiger partial charge in [-0.3, -0.25) is 0 Å². The van der Waals surface area contributed by atoms with Gasteiger partial charge in [-0.25, -0.2) is 0 Å². The molecule has 1 N–H and O–H groups in total. The van der Waals surface area contributed by atoms with Gasteiger partial charge in [0.15, 0.2) is 0 Å². The van der Waals surface area contributed by atoms with Gasteiger partial charge in [-0.05, 0) is 24.3 Å². The summed E-state index contributed by atoms with van der Waals surface area (Å²) in [5.41, 5.74) is -0.0847. The molecule has 0 unspecified atom stereocenters. The van der Waals surface area contributed by atoms with Crippen molar-refractivity contribution in [2.75, 3.05) is 12.4 Å². The van der Waals surface area contributed by atoms with Gasteiger partial charge >= 0.3 is 6.18 Å². The molecule has 0 aliphatic heterocycles. The van der Waals surface area contributed by atoms with Crippen molar-refractivity contribution in [3.63, 3.8) is 0 Å². The first-order valence-electron chi connectivity index (χ1n) is 5.29. The van der Waals surface area contributed by atoms with Crippen molar-refractivity contribution < 1.29 is 17.9 Å². The molecule has 0 fully saturated rings. The lowest BCUT2D eigenvalue weighted by Gasteiger charge is -2.08. The van der Waals surface area contributed by atoms with Gasteiger partial charge < -0.3 is 10.1 Å². The molecule has 0 amide bonds. The van der Waals surface area contributed by atoms with Crippen molar-refractivity contribution in [1.29, 1.82) is 0 Å². The molecule has 0 saturated heterocycles. The van der Waals surface area contributed by atoms with Crippen LogP contribution in [0.5, 0.6) is 5.75 Å². The first-order chi connectivity index (χ1) is 9.00. The number of halogens is 3. The van der Waals surface area contributed by atoms with Crippen LogP contribution in [0.15, 0.2) is 24.3 Å². The van der Waals surface area contributed by atoms with E-state index in [0.29, 0.717) is 11.4 Å². The highest BCUT2D eigenvalue weighted by atomic mass is 32.1. The molecule has 2 rings (SSSR count). The van der Waals surface area contributed by atoms with Crippen molar-refractivity contribution in [2.24, 2.45) is 0 Å². The van der Waals surface area contributed by atoms with Crippen LogP contribution in [0.1, 0.15) is 11.3 Å². The lowest BCUT2D eigenvalue weighted by atomic mass is 10.2. The average Bonchev–Trinajstić information content (AvgIpc) is 2.83. The summed E-state index contributed by atoms with van der Waals surface area (Å²) < 4.78 is 46.2. The Morgan fingerprint density at radius 3 is 2.53 bits per heavy atom. The van der Waals surface area contributed by atoms with Crippen molar-refractivity contribution in [2.45, 2.75) is 12.8 Å². The molecule has 0 aliphatic rings. The number of anilines is 1. The molecule has 1 aromatic heterocycles. The first kappa shape index (κ1) is 13.6. The zero-order valence-corrected chi connectivity index (χ0v) is 10.7. The van der Waals surface area contributed by atoms with E-state index in [1.54, 1.807) is 7.05 Å². The zero-order chi connectivity index (χ0) is 13.9. The lowest BCUT2D eigenvalue weighted by molar-refractivity contribution is -0.137. The SMILES string of the molecule is CNc1snnc1COc1ccc(C(F)(F)F)cc1. The van der Waals surface area contributed by atoms with Crippen LogP contribution in [0.25, 0.3) is 0 Å². The molecular formula is C11H10F3N3OS. The number of nitrogens with one attached hydrogen (secondary N) is 1. The highest BCUT2D eigenvalue weighted by Crippen LogP contribution is 2.30. The minimum Gasteiger partial charge on any atom is -0.487 e. The van der Waals surface area contributed by atoms with Crippen LogP contribution < -0.4 is 10.1 Å². The van der Waals surface area contributed by atoms with Gasteiger partial charge in [-0.1, -0.05) is 4.49 Å². The molecule has 1 aromatic carbocycles. The van der Waals surface area contributed by atoms with E-state index in [0.717, 1.165) is 17.1 Å². The lowest BCUT2D eigenvalue weighted by Crippen LogP contribution is -2.04. The van der Waals surface area contributed by atoms with Gasteiger partial charge in [0.1, 0.15) is 23.1 Å². The fourth-order valence-corrected chi connectivity index (χ4v) is 1.90. The summed E-state index contributed by atoms with van der Waals surface area (Å²) in [5, 5.41) is 7.54. The quantitative estimate of drug-likeness (QED) is 0.939. The summed E-state index contributed by atoms with van der Waals surface area (Å²) in [7, 11) is 1.73. The predicted octanol–water partition coefficient (Wildman–Crippen LogP) is 3.18. The molecule has 0 bridgehead atoms.